The average Bonchev–Trinajstić information content (AvgIpc) is 3.24. The van der Waals surface area contributed by atoms with Crippen molar-refractivity contribution >= 4 is 29.2 Å². The highest BCUT2D eigenvalue weighted by Gasteiger charge is 2.25. The summed E-state index contributed by atoms with van der Waals surface area (Å²) in [5.74, 6) is 2.56. The highest BCUT2D eigenvalue weighted by Crippen LogP contribution is 2.25. The Hall–Kier alpha value is -1.67. The predicted octanol–water partition coefficient (Wildman–Crippen LogP) is 2.97. The quantitative estimate of drug-likeness (QED) is 0.547. The van der Waals surface area contributed by atoms with Crippen molar-refractivity contribution in [2.75, 3.05) is 39.9 Å². The summed E-state index contributed by atoms with van der Waals surface area (Å²) in [6.45, 7) is 6.41. The summed E-state index contributed by atoms with van der Waals surface area (Å²) in [7, 11) is 3.64. The van der Waals surface area contributed by atoms with Crippen molar-refractivity contribution in [1.82, 2.24) is 20.1 Å². The van der Waals surface area contributed by atoms with Crippen LogP contribution in [-0.2, 0) is 18.3 Å². The highest BCUT2D eigenvalue weighted by atomic mass is 35.5. The summed E-state index contributed by atoms with van der Waals surface area (Å²) in [6, 6.07) is 6.00. The van der Waals surface area contributed by atoms with E-state index in [1.807, 2.05) is 36.7 Å². The number of aliphatic imine (C=N–C) groups is 1. The molecule has 1 atom stereocenters. The molecule has 2 aromatic heterocycles. The van der Waals surface area contributed by atoms with E-state index < -0.39 is 0 Å². The zero-order valence-electron chi connectivity index (χ0n) is 16.5. The van der Waals surface area contributed by atoms with Crippen molar-refractivity contribution in [3.8, 4) is 0 Å². The van der Waals surface area contributed by atoms with Crippen molar-refractivity contribution in [1.29, 1.82) is 0 Å². The van der Waals surface area contributed by atoms with Gasteiger partial charge in [-0.1, -0.05) is 23.2 Å². The molecule has 3 heterocycles. The van der Waals surface area contributed by atoms with Crippen LogP contribution in [-0.4, -0.2) is 55.3 Å². The first kappa shape index (κ1) is 21.0. The fourth-order valence-electron chi connectivity index (χ4n) is 3.28. The molecule has 1 unspecified atom stereocenters. The average molecular weight is 428 g/mol. The van der Waals surface area contributed by atoms with Crippen molar-refractivity contribution in [2.24, 2.45) is 12.0 Å². The number of ether oxygens (including phenoxy) is 1. The smallest absolute Gasteiger partial charge is 0.191 e. The molecule has 3 rings (SSSR count). The van der Waals surface area contributed by atoms with Gasteiger partial charge in [-0.25, -0.2) is 0 Å². The Bertz CT molecular complexity index is 811. The number of aromatic nitrogens is 1. The third kappa shape index (κ3) is 5.03. The van der Waals surface area contributed by atoms with Crippen LogP contribution in [0.3, 0.4) is 0 Å². The van der Waals surface area contributed by atoms with Gasteiger partial charge in [-0.15, -0.1) is 0 Å². The largest absolute Gasteiger partial charge is 0.465 e. The molecule has 0 aliphatic carbocycles. The predicted molar refractivity (Wildman–Crippen MR) is 112 cm³/mol. The molecular weight excluding hydrogens is 401 g/mol. The van der Waals surface area contributed by atoms with E-state index in [1.54, 1.807) is 7.05 Å². The lowest BCUT2D eigenvalue weighted by atomic mass is 10.1. The summed E-state index contributed by atoms with van der Waals surface area (Å²) >= 11 is 12.2. The van der Waals surface area contributed by atoms with Crippen molar-refractivity contribution in [2.45, 2.75) is 19.5 Å². The van der Waals surface area contributed by atoms with Crippen LogP contribution in [0.4, 0.5) is 0 Å². The van der Waals surface area contributed by atoms with Gasteiger partial charge in [0.05, 0.1) is 30.8 Å². The number of aryl methyl sites for hydroxylation is 1. The van der Waals surface area contributed by atoms with Crippen LogP contribution in [0.25, 0.3) is 0 Å². The number of nitrogens with one attached hydrogen (secondary N) is 2. The number of hydrogen-bond acceptors (Lipinski definition) is 4. The molecule has 1 aliphatic heterocycles. The van der Waals surface area contributed by atoms with E-state index in [9.17, 15) is 0 Å². The Morgan fingerprint density at radius 2 is 2.00 bits per heavy atom. The molecule has 7 nitrogen and oxygen atoms in total. The summed E-state index contributed by atoms with van der Waals surface area (Å²) < 4.78 is 13.3. The van der Waals surface area contributed by atoms with Gasteiger partial charge >= 0.3 is 0 Å². The zero-order valence-corrected chi connectivity index (χ0v) is 18.0. The SMILES string of the molecule is CN=C(NCc1cc(Cl)c(Cl)n1C)NCC(c1ccc(C)o1)N1CCOCC1. The molecule has 0 radical (unpaired) electrons. The highest BCUT2D eigenvalue weighted by molar-refractivity contribution is 6.41. The van der Waals surface area contributed by atoms with Crippen LogP contribution in [0.15, 0.2) is 27.6 Å². The second-order valence-corrected chi connectivity index (χ2v) is 7.52. The summed E-state index contributed by atoms with van der Waals surface area (Å²) in [6.07, 6.45) is 0. The second kappa shape index (κ2) is 9.69. The summed E-state index contributed by atoms with van der Waals surface area (Å²) in [5, 5.41) is 7.79. The molecule has 0 aromatic carbocycles. The topological polar surface area (TPSA) is 67.0 Å². The fraction of sp³-hybridized carbons (Fsp3) is 0.526. The Kier molecular flexibility index (Phi) is 7.29. The maximum Gasteiger partial charge on any atom is 0.191 e. The van der Waals surface area contributed by atoms with Crippen LogP contribution in [0, 0.1) is 6.92 Å². The molecule has 154 valence electrons. The molecule has 0 amide bonds. The van der Waals surface area contributed by atoms with Gasteiger partial charge in [0.15, 0.2) is 5.96 Å². The number of nitrogens with zero attached hydrogens (tertiary/aromatic N) is 3. The molecule has 28 heavy (non-hydrogen) atoms. The molecule has 1 aliphatic rings. The van der Waals surface area contributed by atoms with E-state index in [4.69, 9.17) is 32.4 Å². The summed E-state index contributed by atoms with van der Waals surface area (Å²) in [4.78, 5) is 6.70. The molecule has 9 heteroatoms. The van der Waals surface area contributed by atoms with Gasteiger partial charge in [-0.3, -0.25) is 9.89 Å². The minimum Gasteiger partial charge on any atom is -0.465 e. The monoisotopic (exact) mass is 427 g/mol. The molecule has 2 aromatic rings. The first-order valence-electron chi connectivity index (χ1n) is 9.32. The number of furan rings is 1. The Labute approximate surface area is 175 Å². The van der Waals surface area contributed by atoms with Gasteiger partial charge in [-0.05, 0) is 25.1 Å². The van der Waals surface area contributed by atoms with E-state index in [0.29, 0.717) is 29.2 Å². The van der Waals surface area contributed by atoms with E-state index >= 15 is 0 Å². The third-order valence-corrected chi connectivity index (χ3v) is 5.76. The first-order valence-corrected chi connectivity index (χ1v) is 10.1. The normalized spacial score (nSPS) is 17.0. The lowest BCUT2D eigenvalue weighted by Crippen LogP contribution is -2.46. The molecule has 2 N–H and O–H groups in total. The maximum absolute atomic E-state index is 6.14. The van der Waals surface area contributed by atoms with Crippen LogP contribution in [0.2, 0.25) is 10.2 Å². The van der Waals surface area contributed by atoms with Crippen molar-refractivity contribution in [3.63, 3.8) is 0 Å². The van der Waals surface area contributed by atoms with Gasteiger partial charge < -0.3 is 24.4 Å². The van der Waals surface area contributed by atoms with E-state index in [0.717, 1.165) is 43.5 Å². The Morgan fingerprint density at radius 1 is 1.25 bits per heavy atom. The fourth-order valence-corrected chi connectivity index (χ4v) is 3.69. The number of rotatable bonds is 6. The lowest BCUT2D eigenvalue weighted by Gasteiger charge is -2.33. The van der Waals surface area contributed by atoms with Crippen molar-refractivity contribution in [3.05, 3.63) is 45.6 Å². The van der Waals surface area contributed by atoms with Gasteiger partial charge in [0.25, 0.3) is 0 Å². The molecular formula is C19H27Cl2N5O2. The van der Waals surface area contributed by atoms with Crippen LogP contribution >= 0.6 is 23.2 Å². The third-order valence-electron chi connectivity index (χ3n) is 4.92. The Balaban J connectivity index is 1.62. The van der Waals surface area contributed by atoms with Crippen LogP contribution in [0.1, 0.15) is 23.3 Å². The molecule has 0 spiro atoms. The van der Waals surface area contributed by atoms with Crippen LogP contribution in [0.5, 0.6) is 0 Å². The Morgan fingerprint density at radius 3 is 2.57 bits per heavy atom. The number of guanidine groups is 1. The van der Waals surface area contributed by atoms with Gasteiger partial charge in [0, 0.05) is 39.4 Å². The zero-order chi connectivity index (χ0) is 20.1. The second-order valence-electron chi connectivity index (χ2n) is 6.75. The summed E-state index contributed by atoms with van der Waals surface area (Å²) in [5.41, 5.74) is 0.976. The number of morpholine rings is 1. The minimum atomic E-state index is 0.107. The van der Waals surface area contributed by atoms with E-state index in [-0.39, 0.29) is 6.04 Å². The van der Waals surface area contributed by atoms with Crippen LogP contribution < -0.4 is 10.6 Å². The van der Waals surface area contributed by atoms with E-state index in [2.05, 4.69) is 20.5 Å². The minimum absolute atomic E-state index is 0.107. The molecule has 1 saturated heterocycles. The lowest BCUT2D eigenvalue weighted by molar-refractivity contribution is 0.0124. The molecule has 0 saturated carbocycles. The standard InChI is InChI=1S/C19H27Cl2N5O2/c1-13-4-5-17(28-13)16(26-6-8-27-9-7-26)12-24-19(22-2)23-11-14-10-15(20)18(21)25(14)3/h4-5,10,16H,6-9,11-12H2,1-3H3,(H2,22,23,24). The van der Waals surface area contributed by atoms with Gasteiger partial charge in [-0.2, -0.15) is 0 Å². The number of hydrogen-bond donors (Lipinski definition) is 2. The van der Waals surface area contributed by atoms with Crippen molar-refractivity contribution < 1.29 is 9.15 Å². The van der Waals surface area contributed by atoms with Gasteiger partial charge in [0.2, 0.25) is 0 Å². The van der Waals surface area contributed by atoms with E-state index in [1.165, 1.54) is 0 Å². The maximum atomic E-state index is 6.14. The molecule has 1 fully saturated rings. The first-order chi connectivity index (χ1) is 13.5. The van der Waals surface area contributed by atoms with Gasteiger partial charge in [0.1, 0.15) is 16.7 Å². The number of halogens is 2. The molecule has 0 bridgehead atoms.